The van der Waals surface area contributed by atoms with Crippen molar-refractivity contribution in [2.75, 3.05) is 0 Å². The molecule has 110 valence electrons. The summed E-state index contributed by atoms with van der Waals surface area (Å²) in [7, 11) is 0. The average molecular weight is 286 g/mol. The number of carbonyl (C=O) groups is 2. The van der Waals surface area contributed by atoms with E-state index in [1.165, 1.54) is 0 Å². The fourth-order valence-corrected chi connectivity index (χ4v) is 1.61. The number of benzene rings is 1. The predicted octanol–water partition coefficient (Wildman–Crippen LogP) is 2.55. The van der Waals surface area contributed by atoms with Crippen molar-refractivity contribution in [3.8, 4) is 0 Å². The molecule has 0 bridgehead atoms. The second kappa shape index (κ2) is 5.98. The van der Waals surface area contributed by atoms with Crippen LogP contribution in [0, 0.1) is 17.6 Å². The summed E-state index contributed by atoms with van der Waals surface area (Å²) in [6, 6.07) is 2.65. The highest BCUT2D eigenvalue weighted by Gasteiger charge is 2.31. The van der Waals surface area contributed by atoms with Crippen LogP contribution in [0.1, 0.15) is 26.3 Å². The molecule has 0 saturated heterocycles. The van der Waals surface area contributed by atoms with E-state index in [4.69, 9.17) is 9.84 Å². The number of rotatable bonds is 4. The third-order valence-electron chi connectivity index (χ3n) is 2.35. The van der Waals surface area contributed by atoms with Gasteiger partial charge in [-0.2, -0.15) is 0 Å². The largest absolute Gasteiger partial charge is 0.481 e. The van der Waals surface area contributed by atoms with Crippen molar-refractivity contribution in [3.63, 3.8) is 0 Å². The van der Waals surface area contributed by atoms with E-state index in [2.05, 4.69) is 0 Å². The zero-order valence-electron chi connectivity index (χ0n) is 11.4. The van der Waals surface area contributed by atoms with Crippen LogP contribution < -0.4 is 0 Å². The maximum Gasteiger partial charge on any atom is 0.321 e. The van der Waals surface area contributed by atoms with Crippen LogP contribution in [-0.2, 0) is 20.7 Å². The normalized spacial score (nSPS) is 12.8. The zero-order chi connectivity index (χ0) is 15.5. The molecule has 1 rings (SSSR count). The second-order valence-electron chi connectivity index (χ2n) is 5.41. The lowest BCUT2D eigenvalue weighted by molar-refractivity contribution is -0.166. The van der Waals surface area contributed by atoms with Gasteiger partial charge in [0.15, 0.2) is 5.92 Å². The van der Waals surface area contributed by atoms with E-state index < -0.39 is 35.1 Å². The fraction of sp³-hybridized carbons (Fsp3) is 0.429. The second-order valence-corrected chi connectivity index (χ2v) is 5.41. The molecule has 0 saturated carbocycles. The number of carbonyl (C=O) groups excluding carboxylic acids is 1. The highest BCUT2D eigenvalue weighted by Crippen LogP contribution is 2.17. The van der Waals surface area contributed by atoms with Gasteiger partial charge in [0.25, 0.3) is 0 Å². The van der Waals surface area contributed by atoms with Gasteiger partial charge in [-0.15, -0.1) is 0 Å². The molecule has 0 aliphatic carbocycles. The third kappa shape index (κ3) is 4.95. The Labute approximate surface area is 115 Å². The summed E-state index contributed by atoms with van der Waals surface area (Å²) >= 11 is 0. The van der Waals surface area contributed by atoms with Crippen LogP contribution in [0.15, 0.2) is 18.2 Å². The lowest BCUT2D eigenvalue weighted by atomic mass is 9.99. The molecule has 1 atom stereocenters. The molecule has 4 nitrogen and oxygen atoms in total. The molecule has 0 fully saturated rings. The minimum absolute atomic E-state index is 0.0840. The number of aliphatic carboxylic acids is 1. The summed E-state index contributed by atoms with van der Waals surface area (Å²) in [5.41, 5.74) is -0.751. The van der Waals surface area contributed by atoms with Crippen molar-refractivity contribution in [1.29, 1.82) is 0 Å². The maximum atomic E-state index is 13.0. The predicted molar refractivity (Wildman–Crippen MR) is 67.0 cm³/mol. The Balaban J connectivity index is 2.92. The van der Waals surface area contributed by atoms with E-state index in [0.29, 0.717) is 6.07 Å². The lowest BCUT2D eigenvalue weighted by Crippen LogP contribution is -2.34. The summed E-state index contributed by atoms with van der Waals surface area (Å²) in [4.78, 5) is 22.9. The Morgan fingerprint density at radius 1 is 1.20 bits per heavy atom. The monoisotopic (exact) mass is 286 g/mol. The first-order valence-corrected chi connectivity index (χ1v) is 5.99. The molecule has 0 aliphatic rings. The summed E-state index contributed by atoms with van der Waals surface area (Å²) < 4.78 is 31.1. The van der Waals surface area contributed by atoms with Gasteiger partial charge in [0.05, 0.1) is 0 Å². The number of halogens is 2. The van der Waals surface area contributed by atoms with Crippen molar-refractivity contribution in [2.24, 2.45) is 5.92 Å². The van der Waals surface area contributed by atoms with E-state index in [9.17, 15) is 18.4 Å². The number of esters is 1. The Morgan fingerprint density at radius 3 is 2.10 bits per heavy atom. The number of hydrogen-bond donors (Lipinski definition) is 1. The molecule has 0 amide bonds. The van der Waals surface area contributed by atoms with Crippen molar-refractivity contribution < 1.29 is 28.2 Å². The molecule has 0 spiro atoms. The Hall–Kier alpha value is -1.98. The quantitative estimate of drug-likeness (QED) is 0.682. The summed E-state index contributed by atoms with van der Waals surface area (Å²) in [6.45, 7) is 4.81. The van der Waals surface area contributed by atoms with Gasteiger partial charge < -0.3 is 9.84 Å². The van der Waals surface area contributed by atoms with Gasteiger partial charge >= 0.3 is 11.9 Å². The lowest BCUT2D eigenvalue weighted by Gasteiger charge is -2.22. The van der Waals surface area contributed by atoms with Crippen LogP contribution in [0.25, 0.3) is 0 Å². The van der Waals surface area contributed by atoms with Gasteiger partial charge in [-0.05, 0) is 44.9 Å². The molecule has 1 aromatic carbocycles. The topological polar surface area (TPSA) is 63.6 Å². The minimum Gasteiger partial charge on any atom is -0.481 e. The minimum atomic E-state index is -1.50. The van der Waals surface area contributed by atoms with Gasteiger partial charge in [0, 0.05) is 6.07 Å². The Morgan fingerprint density at radius 2 is 1.70 bits per heavy atom. The number of carboxylic acids is 1. The smallest absolute Gasteiger partial charge is 0.321 e. The van der Waals surface area contributed by atoms with Gasteiger partial charge in [-0.25, -0.2) is 8.78 Å². The van der Waals surface area contributed by atoms with Gasteiger partial charge in [0.2, 0.25) is 0 Å². The van der Waals surface area contributed by atoms with Crippen LogP contribution in [0.3, 0.4) is 0 Å². The highest BCUT2D eigenvalue weighted by molar-refractivity contribution is 5.94. The molecule has 0 aromatic heterocycles. The summed E-state index contributed by atoms with van der Waals surface area (Å²) in [5, 5.41) is 9.05. The third-order valence-corrected chi connectivity index (χ3v) is 2.35. The van der Waals surface area contributed by atoms with Gasteiger partial charge in [-0.1, -0.05) is 0 Å². The number of ether oxygens (including phenoxy) is 1. The molecule has 0 radical (unpaired) electrons. The van der Waals surface area contributed by atoms with Crippen LogP contribution >= 0.6 is 0 Å². The zero-order valence-corrected chi connectivity index (χ0v) is 11.4. The van der Waals surface area contributed by atoms with Crippen molar-refractivity contribution in [3.05, 3.63) is 35.4 Å². The molecule has 0 aliphatic heterocycles. The van der Waals surface area contributed by atoms with E-state index in [0.717, 1.165) is 12.1 Å². The van der Waals surface area contributed by atoms with Crippen molar-refractivity contribution in [1.82, 2.24) is 0 Å². The molecule has 6 heteroatoms. The first kappa shape index (κ1) is 16.1. The molecular weight excluding hydrogens is 270 g/mol. The van der Waals surface area contributed by atoms with Crippen molar-refractivity contribution >= 4 is 11.9 Å². The van der Waals surface area contributed by atoms with Crippen LogP contribution in [-0.4, -0.2) is 22.6 Å². The molecule has 20 heavy (non-hydrogen) atoms. The van der Waals surface area contributed by atoms with E-state index in [1.807, 2.05) is 0 Å². The molecule has 0 unspecified atom stereocenters. The summed E-state index contributed by atoms with van der Waals surface area (Å²) in [6.07, 6.45) is -0.334. The fourth-order valence-electron chi connectivity index (χ4n) is 1.61. The van der Waals surface area contributed by atoms with Crippen LogP contribution in [0.2, 0.25) is 0 Å². The van der Waals surface area contributed by atoms with Gasteiger partial charge in [0.1, 0.15) is 17.2 Å². The molecule has 1 aromatic rings. The molecule has 0 heterocycles. The molecule has 1 N–H and O–H groups in total. The first-order chi connectivity index (χ1) is 9.08. The number of carboxylic acid groups (broad SMARTS) is 1. The van der Waals surface area contributed by atoms with E-state index >= 15 is 0 Å². The van der Waals surface area contributed by atoms with Crippen molar-refractivity contribution in [2.45, 2.75) is 32.8 Å². The van der Waals surface area contributed by atoms with Crippen LogP contribution in [0.4, 0.5) is 8.78 Å². The van der Waals surface area contributed by atoms with E-state index in [-0.39, 0.29) is 12.0 Å². The molecular formula is C14H16F2O4. The SMILES string of the molecule is CC(C)(C)OC(=O)[C@@H](Cc1cc(F)cc(F)c1)C(=O)O. The average Bonchev–Trinajstić information content (AvgIpc) is 2.21. The number of hydrogen-bond acceptors (Lipinski definition) is 3. The van der Waals surface area contributed by atoms with E-state index in [1.54, 1.807) is 20.8 Å². The maximum absolute atomic E-state index is 13.0. The van der Waals surface area contributed by atoms with Gasteiger partial charge in [-0.3, -0.25) is 9.59 Å². The Bertz CT molecular complexity index is 500. The standard InChI is InChI=1S/C14H16F2O4/c1-14(2,3)20-13(19)11(12(17)18)6-8-4-9(15)7-10(16)5-8/h4-5,7,11H,6H2,1-3H3,(H,17,18)/t11-/m0/s1. The highest BCUT2D eigenvalue weighted by atomic mass is 19.1. The van der Waals surface area contributed by atoms with Crippen LogP contribution in [0.5, 0.6) is 0 Å². The first-order valence-electron chi connectivity index (χ1n) is 5.99. The Kier molecular flexibility index (Phi) is 4.81. The summed E-state index contributed by atoms with van der Waals surface area (Å²) in [5.74, 6) is -5.49.